The van der Waals surface area contributed by atoms with E-state index in [0.29, 0.717) is 0 Å². The molecule has 1 saturated heterocycles. The highest BCUT2D eigenvalue weighted by molar-refractivity contribution is 5.74. The number of hydrogen-bond donors (Lipinski definition) is 2. The first kappa shape index (κ1) is 15.0. The van der Waals surface area contributed by atoms with Crippen LogP contribution >= 0.6 is 0 Å². The van der Waals surface area contributed by atoms with Crippen LogP contribution in [-0.4, -0.2) is 30.8 Å². The minimum absolute atomic E-state index is 0.0916. The molecule has 0 aromatic heterocycles. The molecule has 0 bridgehead atoms. The molecule has 0 aliphatic carbocycles. The topological polar surface area (TPSA) is 50.4 Å². The van der Waals surface area contributed by atoms with Gasteiger partial charge in [0.05, 0.1) is 12.1 Å². The Morgan fingerprint density at radius 3 is 2.72 bits per heavy atom. The van der Waals surface area contributed by atoms with Gasteiger partial charge in [-0.3, -0.25) is 0 Å². The van der Waals surface area contributed by atoms with Gasteiger partial charge in [-0.2, -0.15) is 0 Å². The van der Waals surface area contributed by atoms with Crippen molar-refractivity contribution in [3.8, 4) is 0 Å². The fourth-order valence-electron chi connectivity index (χ4n) is 2.30. The van der Waals surface area contributed by atoms with Crippen molar-refractivity contribution in [2.45, 2.75) is 64.1 Å². The Morgan fingerprint density at radius 1 is 1.44 bits per heavy atom. The SMILES string of the molecule is C=CC[C@H](CC)NC(=O)N[C@H](CC)[C@@H]1CCCO1. The third-order valence-corrected chi connectivity index (χ3v) is 3.45. The highest BCUT2D eigenvalue weighted by Gasteiger charge is 2.26. The summed E-state index contributed by atoms with van der Waals surface area (Å²) in [6, 6.07) is 0.198. The first-order chi connectivity index (χ1) is 8.71. The number of ether oxygens (including phenoxy) is 1. The van der Waals surface area contributed by atoms with Gasteiger partial charge >= 0.3 is 6.03 Å². The maximum Gasteiger partial charge on any atom is 0.315 e. The summed E-state index contributed by atoms with van der Waals surface area (Å²) in [6.07, 6.45) is 6.78. The van der Waals surface area contributed by atoms with E-state index in [1.165, 1.54) is 0 Å². The van der Waals surface area contributed by atoms with E-state index in [2.05, 4.69) is 31.1 Å². The van der Waals surface area contributed by atoms with Crippen molar-refractivity contribution < 1.29 is 9.53 Å². The standard InChI is InChI=1S/C14H26N2O2/c1-4-8-11(5-2)15-14(17)16-12(6-3)13-9-7-10-18-13/h4,11-13H,1,5-10H2,2-3H3,(H2,15,16,17)/t11-,12+,13-/m0/s1. The molecule has 1 fully saturated rings. The van der Waals surface area contributed by atoms with Gasteiger partial charge in [-0.15, -0.1) is 6.58 Å². The first-order valence-electron chi connectivity index (χ1n) is 7.00. The van der Waals surface area contributed by atoms with Crippen LogP contribution in [0, 0.1) is 0 Å². The van der Waals surface area contributed by atoms with Gasteiger partial charge in [-0.25, -0.2) is 4.79 Å². The summed E-state index contributed by atoms with van der Waals surface area (Å²) in [5, 5.41) is 6.00. The second-order valence-corrected chi connectivity index (χ2v) is 4.81. The molecular weight excluding hydrogens is 228 g/mol. The van der Waals surface area contributed by atoms with Gasteiger partial charge < -0.3 is 15.4 Å². The third-order valence-electron chi connectivity index (χ3n) is 3.45. The van der Waals surface area contributed by atoms with Crippen molar-refractivity contribution in [1.29, 1.82) is 0 Å². The van der Waals surface area contributed by atoms with Crippen LogP contribution < -0.4 is 10.6 Å². The third kappa shape index (κ3) is 4.69. The average Bonchev–Trinajstić information content (AvgIpc) is 2.89. The number of hydrogen-bond acceptors (Lipinski definition) is 2. The van der Waals surface area contributed by atoms with E-state index in [9.17, 15) is 4.79 Å². The molecule has 2 N–H and O–H groups in total. The van der Waals surface area contributed by atoms with E-state index < -0.39 is 0 Å². The molecule has 0 saturated carbocycles. The molecule has 18 heavy (non-hydrogen) atoms. The van der Waals surface area contributed by atoms with Gasteiger partial charge in [0.25, 0.3) is 0 Å². The van der Waals surface area contributed by atoms with Crippen molar-refractivity contribution in [3.63, 3.8) is 0 Å². The zero-order chi connectivity index (χ0) is 13.4. The number of nitrogens with one attached hydrogen (secondary N) is 2. The molecule has 1 aliphatic rings. The Labute approximate surface area is 110 Å². The highest BCUT2D eigenvalue weighted by Crippen LogP contribution is 2.17. The monoisotopic (exact) mass is 254 g/mol. The van der Waals surface area contributed by atoms with Gasteiger partial charge in [0.15, 0.2) is 0 Å². The molecule has 1 rings (SSSR count). The minimum Gasteiger partial charge on any atom is -0.376 e. The summed E-state index contributed by atoms with van der Waals surface area (Å²) >= 11 is 0. The Kier molecular flexibility index (Phi) is 6.80. The highest BCUT2D eigenvalue weighted by atomic mass is 16.5. The van der Waals surface area contributed by atoms with Crippen LogP contribution in [0.25, 0.3) is 0 Å². The molecule has 0 unspecified atom stereocenters. The summed E-state index contributed by atoms with van der Waals surface area (Å²) in [4.78, 5) is 11.9. The quantitative estimate of drug-likeness (QED) is 0.686. The largest absolute Gasteiger partial charge is 0.376 e. The predicted molar refractivity (Wildman–Crippen MR) is 73.6 cm³/mol. The van der Waals surface area contributed by atoms with Crippen LogP contribution in [0.1, 0.15) is 46.0 Å². The van der Waals surface area contributed by atoms with Gasteiger partial charge in [0.1, 0.15) is 0 Å². The molecule has 3 atom stereocenters. The maximum absolute atomic E-state index is 11.9. The summed E-state index contributed by atoms with van der Waals surface area (Å²) in [6.45, 7) is 8.66. The van der Waals surface area contributed by atoms with Crippen molar-refractivity contribution in [2.75, 3.05) is 6.61 Å². The van der Waals surface area contributed by atoms with Crippen LogP contribution in [0.5, 0.6) is 0 Å². The summed E-state index contributed by atoms with van der Waals surface area (Å²) in [7, 11) is 0. The predicted octanol–water partition coefficient (Wildman–Crippen LogP) is 2.60. The first-order valence-corrected chi connectivity index (χ1v) is 7.00. The second kappa shape index (κ2) is 8.14. The molecule has 104 valence electrons. The van der Waals surface area contributed by atoms with E-state index in [4.69, 9.17) is 4.74 Å². The Morgan fingerprint density at radius 2 is 2.22 bits per heavy atom. The van der Waals surface area contributed by atoms with E-state index in [-0.39, 0.29) is 24.2 Å². The number of amides is 2. The lowest BCUT2D eigenvalue weighted by Gasteiger charge is -2.24. The van der Waals surface area contributed by atoms with Crippen LogP contribution in [0.4, 0.5) is 4.79 Å². The Hall–Kier alpha value is -1.03. The minimum atomic E-state index is -0.0916. The van der Waals surface area contributed by atoms with Crippen molar-refractivity contribution >= 4 is 6.03 Å². The Bertz CT molecular complexity index is 263. The molecule has 1 heterocycles. The summed E-state index contributed by atoms with van der Waals surface area (Å²) in [5.41, 5.74) is 0. The lowest BCUT2D eigenvalue weighted by atomic mass is 10.1. The van der Waals surface area contributed by atoms with Crippen LogP contribution in [0.2, 0.25) is 0 Å². The smallest absolute Gasteiger partial charge is 0.315 e. The zero-order valence-electron chi connectivity index (χ0n) is 11.6. The molecule has 4 nitrogen and oxygen atoms in total. The van der Waals surface area contributed by atoms with E-state index >= 15 is 0 Å². The lowest BCUT2D eigenvalue weighted by molar-refractivity contribution is 0.0794. The molecule has 0 aromatic carbocycles. The fraction of sp³-hybridized carbons (Fsp3) is 0.786. The molecule has 4 heteroatoms. The molecular formula is C14H26N2O2. The molecule has 0 radical (unpaired) electrons. The zero-order valence-corrected chi connectivity index (χ0v) is 11.6. The average molecular weight is 254 g/mol. The van der Waals surface area contributed by atoms with Crippen molar-refractivity contribution in [3.05, 3.63) is 12.7 Å². The fourth-order valence-corrected chi connectivity index (χ4v) is 2.30. The van der Waals surface area contributed by atoms with Gasteiger partial charge in [0, 0.05) is 12.6 Å². The lowest BCUT2D eigenvalue weighted by Crippen LogP contribution is -2.49. The molecule has 2 amide bonds. The summed E-state index contributed by atoms with van der Waals surface area (Å²) in [5.74, 6) is 0. The summed E-state index contributed by atoms with van der Waals surface area (Å²) < 4.78 is 5.63. The van der Waals surface area contributed by atoms with Crippen LogP contribution in [0.15, 0.2) is 12.7 Å². The van der Waals surface area contributed by atoms with Gasteiger partial charge in [0.2, 0.25) is 0 Å². The normalized spacial score (nSPS) is 22.2. The second-order valence-electron chi connectivity index (χ2n) is 4.81. The Balaban J connectivity index is 2.38. The van der Waals surface area contributed by atoms with E-state index in [0.717, 1.165) is 38.7 Å². The van der Waals surface area contributed by atoms with Crippen LogP contribution in [-0.2, 0) is 4.74 Å². The number of carbonyl (C=O) groups excluding carboxylic acids is 1. The molecule has 1 aliphatic heterocycles. The van der Waals surface area contributed by atoms with Gasteiger partial charge in [-0.05, 0) is 32.1 Å². The number of urea groups is 1. The van der Waals surface area contributed by atoms with Gasteiger partial charge in [-0.1, -0.05) is 19.9 Å². The van der Waals surface area contributed by atoms with E-state index in [1.807, 2.05) is 6.08 Å². The van der Waals surface area contributed by atoms with E-state index in [1.54, 1.807) is 0 Å². The maximum atomic E-state index is 11.9. The van der Waals surface area contributed by atoms with Crippen LogP contribution in [0.3, 0.4) is 0 Å². The number of rotatable bonds is 7. The number of carbonyl (C=O) groups is 1. The van der Waals surface area contributed by atoms with Crippen molar-refractivity contribution in [1.82, 2.24) is 10.6 Å². The van der Waals surface area contributed by atoms with Crippen molar-refractivity contribution in [2.24, 2.45) is 0 Å². The molecule has 0 aromatic rings. The molecule has 0 spiro atoms.